The van der Waals surface area contributed by atoms with Crippen molar-refractivity contribution in [3.05, 3.63) is 35.5 Å². The predicted molar refractivity (Wildman–Crippen MR) is 60.7 cm³/mol. The van der Waals surface area contributed by atoms with Gasteiger partial charge in [-0.1, -0.05) is 17.8 Å². The number of nitrogens with two attached hydrogens (primary N) is 1. The van der Waals surface area contributed by atoms with Crippen LogP contribution < -0.4 is 5.73 Å². The van der Waals surface area contributed by atoms with E-state index < -0.39 is 0 Å². The van der Waals surface area contributed by atoms with E-state index in [-0.39, 0.29) is 6.54 Å². The highest BCUT2D eigenvalue weighted by Crippen LogP contribution is 2.21. The van der Waals surface area contributed by atoms with Crippen molar-refractivity contribution in [2.45, 2.75) is 24.4 Å². The lowest BCUT2D eigenvalue weighted by atomic mass is 10.2. The van der Waals surface area contributed by atoms with E-state index in [0.717, 1.165) is 16.9 Å². The summed E-state index contributed by atoms with van der Waals surface area (Å²) in [6, 6.07) is 2.08. The Morgan fingerprint density at radius 3 is 2.94 bits per heavy atom. The molecule has 16 heavy (non-hydrogen) atoms. The third-order valence-electron chi connectivity index (χ3n) is 1.92. The van der Waals surface area contributed by atoms with Crippen LogP contribution in [0, 0.1) is 6.92 Å². The van der Waals surface area contributed by atoms with Gasteiger partial charge in [-0.05, 0) is 18.1 Å². The van der Waals surface area contributed by atoms with Crippen molar-refractivity contribution in [3.63, 3.8) is 0 Å². The molecule has 2 aromatic heterocycles. The zero-order valence-corrected chi connectivity index (χ0v) is 9.70. The summed E-state index contributed by atoms with van der Waals surface area (Å²) < 4.78 is 5.28. The third kappa shape index (κ3) is 2.80. The van der Waals surface area contributed by atoms with Crippen molar-refractivity contribution in [1.29, 1.82) is 0 Å². The Labute approximate surface area is 97.5 Å². The Hall–Kier alpha value is -1.40. The van der Waals surface area contributed by atoms with E-state index >= 15 is 0 Å². The van der Waals surface area contributed by atoms with Gasteiger partial charge in [0.25, 0.3) is 5.22 Å². The second-order valence-electron chi connectivity index (χ2n) is 3.33. The van der Waals surface area contributed by atoms with E-state index in [1.165, 1.54) is 11.8 Å². The monoisotopic (exact) mass is 236 g/mol. The highest BCUT2D eigenvalue weighted by Gasteiger charge is 2.05. The van der Waals surface area contributed by atoms with Gasteiger partial charge < -0.3 is 10.2 Å². The topological polar surface area (TPSA) is 77.8 Å². The largest absolute Gasteiger partial charge is 0.415 e. The number of rotatable bonds is 4. The van der Waals surface area contributed by atoms with Crippen molar-refractivity contribution >= 4 is 11.8 Å². The van der Waals surface area contributed by atoms with Crippen LogP contribution in [0.4, 0.5) is 0 Å². The lowest BCUT2D eigenvalue weighted by molar-refractivity contribution is 0.415. The number of pyridine rings is 1. The fourth-order valence-corrected chi connectivity index (χ4v) is 1.92. The van der Waals surface area contributed by atoms with E-state index in [9.17, 15) is 0 Å². The second kappa shape index (κ2) is 5.09. The molecule has 2 heterocycles. The highest BCUT2D eigenvalue weighted by molar-refractivity contribution is 7.98. The van der Waals surface area contributed by atoms with Crippen LogP contribution in [0.3, 0.4) is 0 Å². The summed E-state index contributed by atoms with van der Waals surface area (Å²) in [6.07, 6.45) is 3.66. The zero-order valence-electron chi connectivity index (χ0n) is 8.88. The molecule has 5 nitrogen and oxygen atoms in total. The molecule has 6 heteroatoms. The smallest absolute Gasteiger partial charge is 0.276 e. The number of nitrogens with zero attached hydrogens (tertiary/aromatic N) is 3. The van der Waals surface area contributed by atoms with Gasteiger partial charge >= 0.3 is 0 Å². The van der Waals surface area contributed by atoms with Gasteiger partial charge in [0.2, 0.25) is 5.89 Å². The van der Waals surface area contributed by atoms with Crippen LogP contribution in [0.2, 0.25) is 0 Å². The molecule has 0 saturated carbocycles. The molecule has 0 saturated heterocycles. The zero-order chi connectivity index (χ0) is 11.4. The molecule has 0 unspecified atom stereocenters. The summed E-state index contributed by atoms with van der Waals surface area (Å²) in [4.78, 5) is 4.12. The molecule has 0 spiro atoms. The summed E-state index contributed by atoms with van der Waals surface area (Å²) in [5, 5.41) is 8.20. The molecule has 0 aliphatic heterocycles. The Morgan fingerprint density at radius 2 is 2.25 bits per heavy atom. The Morgan fingerprint density at radius 1 is 1.38 bits per heavy atom. The number of aryl methyl sites for hydroxylation is 1. The molecular weight excluding hydrogens is 224 g/mol. The predicted octanol–water partition coefficient (Wildman–Crippen LogP) is 1.52. The Kier molecular flexibility index (Phi) is 3.53. The average molecular weight is 236 g/mol. The van der Waals surface area contributed by atoms with Gasteiger partial charge in [-0.15, -0.1) is 10.2 Å². The molecule has 0 bridgehead atoms. The lowest BCUT2D eigenvalue weighted by Gasteiger charge is -1.98. The highest BCUT2D eigenvalue weighted by atomic mass is 32.2. The lowest BCUT2D eigenvalue weighted by Crippen LogP contribution is -1.95. The van der Waals surface area contributed by atoms with Gasteiger partial charge in [0.15, 0.2) is 0 Å². The molecule has 84 valence electrons. The molecule has 2 rings (SSSR count). The first-order chi connectivity index (χ1) is 7.78. The number of aromatic nitrogens is 3. The van der Waals surface area contributed by atoms with Crippen LogP contribution in [-0.2, 0) is 12.3 Å². The average Bonchev–Trinajstić information content (AvgIpc) is 2.74. The summed E-state index contributed by atoms with van der Waals surface area (Å²) in [6.45, 7) is 2.29. The van der Waals surface area contributed by atoms with Crippen LogP contribution in [-0.4, -0.2) is 15.2 Å². The SMILES string of the molecule is Cc1cncc(CSc2nnc(CN)o2)c1. The maximum atomic E-state index is 5.37. The molecule has 0 amide bonds. The molecule has 0 aromatic carbocycles. The normalized spacial score (nSPS) is 10.6. The third-order valence-corrected chi connectivity index (χ3v) is 2.81. The summed E-state index contributed by atoms with van der Waals surface area (Å²) in [5.74, 6) is 1.23. The van der Waals surface area contributed by atoms with Gasteiger partial charge in [0.1, 0.15) is 0 Å². The minimum atomic E-state index is 0.277. The minimum Gasteiger partial charge on any atom is -0.415 e. The van der Waals surface area contributed by atoms with Gasteiger partial charge in [0.05, 0.1) is 6.54 Å². The van der Waals surface area contributed by atoms with E-state index in [0.29, 0.717) is 11.1 Å². The van der Waals surface area contributed by atoms with Gasteiger partial charge in [-0.3, -0.25) is 4.98 Å². The van der Waals surface area contributed by atoms with Crippen molar-refractivity contribution in [2.75, 3.05) is 0 Å². The van der Waals surface area contributed by atoms with Crippen molar-refractivity contribution in [2.24, 2.45) is 5.73 Å². The first-order valence-electron chi connectivity index (χ1n) is 4.83. The minimum absolute atomic E-state index is 0.277. The van der Waals surface area contributed by atoms with Gasteiger partial charge in [-0.25, -0.2) is 0 Å². The quantitative estimate of drug-likeness (QED) is 0.811. The van der Waals surface area contributed by atoms with Gasteiger partial charge in [0, 0.05) is 18.1 Å². The molecule has 0 radical (unpaired) electrons. The van der Waals surface area contributed by atoms with Crippen molar-refractivity contribution < 1.29 is 4.42 Å². The van der Waals surface area contributed by atoms with Crippen LogP contribution >= 0.6 is 11.8 Å². The number of hydrogen-bond donors (Lipinski definition) is 1. The van der Waals surface area contributed by atoms with Crippen molar-refractivity contribution in [1.82, 2.24) is 15.2 Å². The Bertz CT molecular complexity index is 471. The molecule has 2 aromatic rings. The van der Waals surface area contributed by atoms with E-state index in [2.05, 4.69) is 21.2 Å². The summed E-state index contributed by atoms with van der Waals surface area (Å²) in [7, 11) is 0. The number of hydrogen-bond acceptors (Lipinski definition) is 6. The molecule has 0 aliphatic rings. The molecule has 0 aliphatic carbocycles. The number of thioether (sulfide) groups is 1. The maximum Gasteiger partial charge on any atom is 0.276 e. The van der Waals surface area contributed by atoms with Crippen LogP contribution in [0.5, 0.6) is 0 Å². The molecule has 0 atom stereocenters. The van der Waals surface area contributed by atoms with E-state index in [4.69, 9.17) is 10.2 Å². The fraction of sp³-hybridized carbons (Fsp3) is 0.300. The van der Waals surface area contributed by atoms with Crippen LogP contribution in [0.25, 0.3) is 0 Å². The summed E-state index contributed by atoms with van der Waals surface area (Å²) >= 11 is 1.48. The van der Waals surface area contributed by atoms with E-state index in [1.807, 2.05) is 19.3 Å². The van der Waals surface area contributed by atoms with Crippen molar-refractivity contribution in [3.8, 4) is 0 Å². The van der Waals surface area contributed by atoms with Gasteiger partial charge in [-0.2, -0.15) is 0 Å². The second-order valence-corrected chi connectivity index (χ2v) is 4.25. The Balaban J connectivity index is 1.96. The van der Waals surface area contributed by atoms with Crippen LogP contribution in [0.15, 0.2) is 28.1 Å². The fourth-order valence-electron chi connectivity index (χ4n) is 1.22. The maximum absolute atomic E-state index is 5.37. The van der Waals surface area contributed by atoms with E-state index in [1.54, 1.807) is 0 Å². The van der Waals surface area contributed by atoms with Crippen LogP contribution in [0.1, 0.15) is 17.0 Å². The standard InChI is InChI=1S/C10H12N4OS/c1-7-2-8(5-12-4-7)6-16-10-14-13-9(3-11)15-10/h2,4-5H,3,6,11H2,1H3. The molecule has 0 fully saturated rings. The molecule has 2 N–H and O–H groups in total. The first-order valence-corrected chi connectivity index (χ1v) is 5.82. The molecular formula is C10H12N4OS. The summed E-state index contributed by atoms with van der Waals surface area (Å²) in [5.41, 5.74) is 7.66. The first kappa shape index (κ1) is 11.1.